The first-order chi connectivity index (χ1) is 12.8. The summed E-state index contributed by atoms with van der Waals surface area (Å²) in [6, 6.07) is 7.86. The normalized spacial score (nSPS) is 15.7. The number of nitrogens with zero attached hydrogens (tertiary/aromatic N) is 3. The summed E-state index contributed by atoms with van der Waals surface area (Å²) in [4.78, 5) is 25.5. The van der Waals surface area contributed by atoms with E-state index < -0.39 is 15.8 Å². The number of pyridine rings is 1. The van der Waals surface area contributed by atoms with E-state index in [1.165, 1.54) is 26.0 Å². The molecule has 1 saturated heterocycles. The zero-order chi connectivity index (χ0) is 19.6. The molecule has 10 heteroatoms. The van der Waals surface area contributed by atoms with Crippen LogP contribution in [0.2, 0.25) is 5.02 Å². The topological polar surface area (TPSA) is 79.7 Å². The molecule has 0 N–H and O–H groups in total. The van der Waals surface area contributed by atoms with E-state index in [4.69, 9.17) is 11.6 Å². The lowest BCUT2D eigenvalue weighted by atomic mass is 10.3. The maximum absolute atomic E-state index is 13.3. The Hall–Kier alpha value is -2.23. The summed E-state index contributed by atoms with van der Waals surface area (Å²) in [6.07, 6.45) is 1.53. The molecule has 1 aliphatic rings. The lowest BCUT2D eigenvalue weighted by molar-refractivity contribution is -0.133. The first-order valence-corrected chi connectivity index (χ1v) is 9.99. The van der Waals surface area contributed by atoms with E-state index in [2.05, 4.69) is 0 Å². The molecule has 0 unspecified atom stereocenters. The van der Waals surface area contributed by atoms with Gasteiger partial charge in [-0.1, -0.05) is 17.7 Å². The fraction of sp³-hybridized carbons (Fsp3) is 0.294. The van der Waals surface area contributed by atoms with Crippen LogP contribution in [0, 0.1) is 5.82 Å². The Morgan fingerprint density at radius 3 is 2.44 bits per heavy atom. The number of benzene rings is 1. The minimum absolute atomic E-state index is 0.0930. The average molecular weight is 414 g/mol. The van der Waals surface area contributed by atoms with Gasteiger partial charge in [-0.15, -0.1) is 0 Å². The smallest absolute Gasteiger partial charge is 0.250 e. The molecule has 27 heavy (non-hydrogen) atoms. The highest BCUT2D eigenvalue weighted by atomic mass is 35.5. The lowest BCUT2D eigenvalue weighted by Gasteiger charge is -2.34. The summed E-state index contributed by atoms with van der Waals surface area (Å²) in [6.45, 7) is 0.517. The van der Waals surface area contributed by atoms with Crippen LogP contribution in [-0.2, 0) is 21.4 Å². The lowest BCUT2D eigenvalue weighted by Crippen LogP contribution is -2.51. The highest BCUT2D eigenvalue weighted by molar-refractivity contribution is 7.89. The third kappa shape index (κ3) is 4.20. The summed E-state index contributed by atoms with van der Waals surface area (Å²) < 4.78 is 41.1. The Bertz CT molecular complexity index is 1020. The van der Waals surface area contributed by atoms with Crippen LogP contribution in [0.5, 0.6) is 0 Å². The second kappa shape index (κ2) is 7.79. The molecule has 2 aromatic rings. The Labute approximate surface area is 160 Å². The highest BCUT2D eigenvalue weighted by Crippen LogP contribution is 2.23. The van der Waals surface area contributed by atoms with E-state index in [0.29, 0.717) is 0 Å². The maximum atomic E-state index is 13.3. The van der Waals surface area contributed by atoms with E-state index in [1.54, 1.807) is 12.1 Å². The minimum atomic E-state index is -3.83. The van der Waals surface area contributed by atoms with Gasteiger partial charge in [0.25, 0.3) is 5.56 Å². The van der Waals surface area contributed by atoms with Crippen LogP contribution >= 0.6 is 11.6 Å². The Kier molecular flexibility index (Phi) is 5.64. The molecule has 2 heterocycles. The number of carbonyl (C=O) groups excluding carboxylic acids is 1. The van der Waals surface area contributed by atoms with Crippen LogP contribution in [0.25, 0.3) is 0 Å². The molecule has 1 aromatic heterocycles. The molecule has 1 aromatic carbocycles. The SMILES string of the molecule is O=C(Cn1ccccc1=O)N1CCN(S(=O)(=O)c2ccc(F)c(Cl)c2)CC1. The number of rotatable bonds is 4. The van der Waals surface area contributed by atoms with E-state index in [9.17, 15) is 22.4 Å². The summed E-state index contributed by atoms with van der Waals surface area (Å²) in [5, 5.41) is -0.266. The second-order valence-electron chi connectivity index (χ2n) is 6.03. The number of aromatic nitrogens is 1. The van der Waals surface area contributed by atoms with Gasteiger partial charge in [-0.2, -0.15) is 4.31 Å². The van der Waals surface area contributed by atoms with Gasteiger partial charge in [0.05, 0.1) is 9.92 Å². The zero-order valence-electron chi connectivity index (χ0n) is 14.2. The van der Waals surface area contributed by atoms with Crippen molar-refractivity contribution in [2.24, 2.45) is 0 Å². The molecule has 7 nitrogen and oxygen atoms in total. The number of piperazine rings is 1. The van der Waals surface area contributed by atoms with Gasteiger partial charge >= 0.3 is 0 Å². The van der Waals surface area contributed by atoms with Crippen LogP contribution in [-0.4, -0.2) is 54.3 Å². The third-order valence-electron chi connectivity index (χ3n) is 4.32. The van der Waals surface area contributed by atoms with Crippen LogP contribution < -0.4 is 5.56 Å². The molecule has 0 aliphatic carbocycles. The van der Waals surface area contributed by atoms with Gasteiger partial charge in [0, 0.05) is 38.4 Å². The van der Waals surface area contributed by atoms with Crippen molar-refractivity contribution >= 4 is 27.5 Å². The van der Waals surface area contributed by atoms with Crippen LogP contribution in [0.4, 0.5) is 4.39 Å². The molecule has 0 spiro atoms. The number of hydrogen-bond acceptors (Lipinski definition) is 4. The summed E-state index contributed by atoms with van der Waals surface area (Å²) in [7, 11) is -3.83. The predicted octanol–water partition coefficient (Wildman–Crippen LogP) is 1.17. The first kappa shape index (κ1) is 19.5. The molecule has 144 valence electrons. The number of carbonyl (C=O) groups is 1. The van der Waals surface area contributed by atoms with E-state index >= 15 is 0 Å². The van der Waals surface area contributed by atoms with Crippen molar-refractivity contribution in [3.63, 3.8) is 0 Å². The second-order valence-corrected chi connectivity index (χ2v) is 8.37. The average Bonchev–Trinajstić information content (AvgIpc) is 2.65. The standard InChI is InChI=1S/C17H17ClFN3O4S/c18-14-11-13(4-5-15(14)19)27(25,26)22-9-7-20(8-10-22)17(24)12-21-6-2-1-3-16(21)23/h1-6,11H,7-10,12H2. The largest absolute Gasteiger partial charge is 0.339 e. The summed E-state index contributed by atoms with van der Waals surface area (Å²) in [5.74, 6) is -0.952. The highest BCUT2D eigenvalue weighted by Gasteiger charge is 2.30. The van der Waals surface area contributed by atoms with Crippen LogP contribution in [0.15, 0.2) is 52.3 Å². The van der Waals surface area contributed by atoms with Gasteiger partial charge in [0.1, 0.15) is 12.4 Å². The van der Waals surface area contributed by atoms with Crippen molar-refractivity contribution in [1.29, 1.82) is 0 Å². The predicted molar refractivity (Wildman–Crippen MR) is 97.5 cm³/mol. The quantitative estimate of drug-likeness (QED) is 0.753. The van der Waals surface area contributed by atoms with E-state index in [1.807, 2.05) is 0 Å². The minimum Gasteiger partial charge on any atom is -0.339 e. The summed E-state index contributed by atoms with van der Waals surface area (Å²) >= 11 is 5.67. The molecule has 0 bridgehead atoms. The van der Waals surface area contributed by atoms with Gasteiger partial charge in [-0.05, 0) is 24.3 Å². The third-order valence-corrected chi connectivity index (χ3v) is 6.51. The number of amides is 1. The monoisotopic (exact) mass is 413 g/mol. The van der Waals surface area contributed by atoms with E-state index in [-0.39, 0.29) is 54.1 Å². The van der Waals surface area contributed by atoms with Gasteiger partial charge in [-0.25, -0.2) is 12.8 Å². The Balaban J connectivity index is 1.66. The van der Waals surface area contributed by atoms with E-state index in [0.717, 1.165) is 18.2 Å². The van der Waals surface area contributed by atoms with Gasteiger partial charge in [0.2, 0.25) is 15.9 Å². The first-order valence-electron chi connectivity index (χ1n) is 8.17. The van der Waals surface area contributed by atoms with Crippen molar-refractivity contribution < 1.29 is 17.6 Å². The number of halogens is 2. The molecule has 1 amide bonds. The molecule has 1 fully saturated rings. The Morgan fingerprint density at radius 1 is 1.11 bits per heavy atom. The van der Waals surface area contributed by atoms with Crippen LogP contribution in [0.1, 0.15) is 0 Å². The molecular weight excluding hydrogens is 397 g/mol. The van der Waals surface area contributed by atoms with Crippen molar-refractivity contribution in [2.45, 2.75) is 11.4 Å². The van der Waals surface area contributed by atoms with Crippen molar-refractivity contribution in [3.05, 3.63) is 63.8 Å². The number of hydrogen-bond donors (Lipinski definition) is 0. The van der Waals surface area contributed by atoms with Crippen molar-refractivity contribution in [3.8, 4) is 0 Å². The zero-order valence-corrected chi connectivity index (χ0v) is 15.8. The number of sulfonamides is 1. The van der Waals surface area contributed by atoms with Gasteiger partial charge < -0.3 is 9.47 Å². The molecule has 3 rings (SSSR count). The maximum Gasteiger partial charge on any atom is 0.250 e. The van der Waals surface area contributed by atoms with Gasteiger partial charge in [-0.3, -0.25) is 9.59 Å². The van der Waals surface area contributed by atoms with Crippen molar-refractivity contribution in [1.82, 2.24) is 13.8 Å². The summed E-state index contributed by atoms with van der Waals surface area (Å²) in [5.41, 5.74) is -0.278. The van der Waals surface area contributed by atoms with Crippen molar-refractivity contribution in [2.75, 3.05) is 26.2 Å². The molecule has 0 saturated carbocycles. The van der Waals surface area contributed by atoms with Gasteiger partial charge in [0.15, 0.2) is 0 Å². The molecule has 0 radical (unpaired) electrons. The molecular formula is C17H17ClFN3O4S. The molecule has 0 atom stereocenters. The fourth-order valence-electron chi connectivity index (χ4n) is 2.80. The van der Waals surface area contributed by atoms with Crippen LogP contribution in [0.3, 0.4) is 0 Å². The fourth-order valence-corrected chi connectivity index (χ4v) is 4.50. The Morgan fingerprint density at radius 2 is 1.81 bits per heavy atom. The molecule has 1 aliphatic heterocycles.